The number of para-hydroxylation sites is 5. The molecule has 6 heteroatoms. The first-order valence-corrected chi connectivity index (χ1v) is 13.0. The molecule has 7 rings (SSSR count). The Morgan fingerprint density at radius 3 is 1.69 bits per heavy atom. The van der Waals surface area contributed by atoms with Crippen molar-refractivity contribution in [2.45, 2.75) is 13.8 Å². The largest absolute Gasteiger partial charge is 0.320 e. The average Bonchev–Trinajstić information content (AvgIpc) is 3.59. The van der Waals surface area contributed by atoms with Crippen molar-refractivity contribution < 1.29 is 9.13 Å². The van der Waals surface area contributed by atoms with Crippen molar-refractivity contribution in [3.8, 4) is 28.2 Å². The number of aryl methyl sites for hydroxylation is 3. The molecule has 39 heavy (non-hydrogen) atoms. The van der Waals surface area contributed by atoms with Crippen LogP contribution in [0, 0.1) is 26.5 Å². The fraction of sp³-hybridized carbons (Fsp3) is 0.121. The van der Waals surface area contributed by atoms with Gasteiger partial charge in [-0.1, -0.05) is 84.9 Å². The zero-order valence-electron chi connectivity index (χ0n) is 22.4. The maximum Gasteiger partial charge on any atom is 0.244 e. The lowest BCUT2D eigenvalue weighted by Crippen LogP contribution is -2.26. The smallest absolute Gasteiger partial charge is 0.244 e. The van der Waals surface area contributed by atoms with Crippen molar-refractivity contribution in [2.24, 2.45) is 14.1 Å². The van der Waals surface area contributed by atoms with E-state index in [4.69, 9.17) is 5.10 Å². The van der Waals surface area contributed by atoms with Gasteiger partial charge in [0.25, 0.3) is 0 Å². The molecule has 0 saturated heterocycles. The molecule has 0 aliphatic rings. The summed E-state index contributed by atoms with van der Waals surface area (Å²) in [6, 6.07) is 33.8. The van der Waals surface area contributed by atoms with E-state index in [-0.39, 0.29) is 0 Å². The number of nitrogens with zero attached hydrogens (tertiary/aromatic N) is 6. The van der Waals surface area contributed by atoms with Gasteiger partial charge in [0.1, 0.15) is 0 Å². The molecule has 190 valence electrons. The van der Waals surface area contributed by atoms with Gasteiger partial charge in [0, 0.05) is 22.6 Å². The van der Waals surface area contributed by atoms with Crippen molar-refractivity contribution in [3.05, 3.63) is 121 Å². The third-order valence-electron chi connectivity index (χ3n) is 7.47. The molecular formula is C33H28N6. The molecule has 0 radical (unpaired) electrons. The molecule has 0 aliphatic carbocycles. The second kappa shape index (κ2) is 8.81. The predicted molar refractivity (Wildman–Crippen MR) is 152 cm³/mol. The minimum atomic E-state index is 0.984. The van der Waals surface area contributed by atoms with Gasteiger partial charge < -0.3 is 18.3 Å². The highest BCUT2D eigenvalue weighted by Gasteiger charge is 2.18. The molecule has 0 fully saturated rings. The van der Waals surface area contributed by atoms with E-state index in [1.54, 1.807) is 0 Å². The number of fused-ring (bicyclic) bond motifs is 2. The van der Waals surface area contributed by atoms with E-state index in [1.165, 1.54) is 0 Å². The topological polar surface area (TPSA) is 35.4 Å². The third kappa shape index (κ3) is 3.67. The lowest BCUT2D eigenvalue weighted by molar-refractivity contribution is -0.649. The molecule has 3 aromatic heterocycles. The number of hydrogen-bond donors (Lipinski definition) is 0. The van der Waals surface area contributed by atoms with Crippen LogP contribution in [0.5, 0.6) is 0 Å². The molecule has 0 bridgehead atoms. The van der Waals surface area contributed by atoms with Gasteiger partial charge in [-0.15, -0.1) is 0 Å². The van der Waals surface area contributed by atoms with Gasteiger partial charge in [0.2, 0.25) is 12.7 Å². The lowest BCUT2D eigenvalue weighted by atomic mass is 10.0. The molecule has 7 aromatic rings. The van der Waals surface area contributed by atoms with E-state index in [2.05, 4.69) is 114 Å². The molecule has 0 aliphatic heterocycles. The van der Waals surface area contributed by atoms with E-state index in [1.807, 2.05) is 46.1 Å². The maximum atomic E-state index is 4.95. The number of rotatable bonds is 4. The Bertz CT molecular complexity index is 1910. The molecule has 0 atom stereocenters. The van der Waals surface area contributed by atoms with Crippen LogP contribution in [0.15, 0.2) is 97.1 Å². The van der Waals surface area contributed by atoms with Gasteiger partial charge in [-0.2, -0.15) is 5.10 Å². The van der Waals surface area contributed by atoms with Crippen LogP contribution in [0.25, 0.3) is 50.3 Å². The highest BCUT2D eigenvalue weighted by molar-refractivity contribution is 5.79. The Morgan fingerprint density at radius 2 is 1.13 bits per heavy atom. The van der Waals surface area contributed by atoms with E-state index in [0.29, 0.717) is 0 Å². The van der Waals surface area contributed by atoms with E-state index in [0.717, 1.165) is 61.6 Å². The molecule has 6 nitrogen and oxygen atoms in total. The summed E-state index contributed by atoms with van der Waals surface area (Å²) in [5, 5.41) is 4.95. The van der Waals surface area contributed by atoms with Gasteiger partial charge >= 0.3 is 0 Å². The summed E-state index contributed by atoms with van der Waals surface area (Å²) in [6.07, 6.45) is 7.03. The van der Waals surface area contributed by atoms with E-state index >= 15 is 0 Å². The van der Waals surface area contributed by atoms with Gasteiger partial charge in [0.15, 0.2) is 0 Å². The predicted octanol–water partition coefficient (Wildman–Crippen LogP) is 5.29. The lowest BCUT2D eigenvalue weighted by Gasteiger charge is -2.15. The summed E-state index contributed by atoms with van der Waals surface area (Å²) < 4.78 is 10.4. The minimum Gasteiger partial charge on any atom is -0.320 e. The standard InChI is InChI=1S/C33H28N6/c1-23-33(24(2)39(34-23)26-12-6-5-7-13-26)25-18-27(37-21-35(3)29-14-8-10-16-31(29)37)20-28(19-25)38-22-36(4)30-15-9-11-17-32(30)38/h5-20H,1-4H3. The second-order valence-corrected chi connectivity index (χ2v) is 10.00. The normalized spacial score (nSPS) is 11.6. The first-order chi connectivity index (χ1) is 19.0. The SMILES string of the molecule is Cc1nn(-c2ccccc2)c(C)c1-c1cc(-n2[c-][n+](C)c3ccccc32)cc(-n2[c-][n+](C)c3ccccc32)c1. The zero-order chi connectivity index (χ0) is 26.7. The van der Waals surface area contributed by atoms with Gasteiger partial charge in [-0.25, -0.2) is 4.68 Å². The first kappa shape index (κ1) is 23.2. The Labute approximate surface area is 227 Å². The summed E-state index contributed by atoms with van der Waals surface area (Å²) in [4.78, 5) is 0. The number of hydrogen-bond acceptors (Lipinski definition) is 1. The van der Waals surface area contributed by atoms with E-state index in [9.17, 15) is 0 Å². The van der Waals surface area contributed by atoms with Crippen molar-refractivity contribution in [3.63, 3.8) is 0 Å². The Hall–Kier alpha value is -4.97. The molecule has 4 aromatic carbocycles. The molecule has 0 saturated carbocycles. The number of imidazole rings is 2. The Morgan fingerprint density at radius 1 is 0.615 bits per heavy atom. The summed E-state index contributed by atoms with van der Waals surface area (Å²) in [5.74, 6) is 0. The summed E-state index contributed by atoms with van der Waals surface area (Å²) in [6.45, 7) is 4.23. The Balaban J connectivity index is 1.51. The van der Waals surface area contributed by atoms with Crippen molar-refractivity contribution in [2.75, 3.05) is 0 Å². The quantitative estimate of drug-likeness (QED) is 0.235. The van der Waals surface area contributed by atoms with Crippen LogP contribution < -0.4 is 9.13 Å². The monoisotopic (exact) mass is 508 g/mol. The molecule has 3 heterocycles. The van der Waals surface area contributed by atoms with Crippen molar-refractivity contribution in [1.29, 1.82) is 0 Å². The maximum absolute atomic E-state index is 4.95. The van der Waals surface area contributed by atoms with Crippen LogP contribution in [0.4, 0.5) is 0 Å². The molecule has 0 spiro atoms. The van der Waals surface area contributed by atoms with Gasteiger partial charge in [-0.05, 0) is 31.5 Å². The fourth-order valence-corrected chi connectivity index (χ4v) is 5.66. The fourth-order valence-electron chi connectivity index (χ4n) is 5.66. The Kier molecular flexibility index (Phi) is 5.23. The zero-order valence-corrected chi connectivity index (χ0v) is 22.4. The summed E-state index contributed by atoms with van der Waals surface area (Å²) in [5.41, 5.74) is 11.9. The molecule has 0 unspecified atom stereocenters. The molecule has 0 N–H and O–H groups in total. The second-order valence-electron chi connectivity index (χ2n) is 10.00. The molecule has 0 amide bonds. The van der Waals surface area contributed by atoms with Crippen LogP contribution in [0.2, 0.25) is 0 Å². The highest BCUT2D eigenvalue weighted by atomic mass is 15.3. The number of aromatic nitrogens is 6. The number of benzene rings is 4. The van der Waals surface area contributed by atoms with Crippen LogP contribution >= 0.6 is 0 Å². The highest BCUT2D eigenvalue weighted by Crippen LogP contribution is 2.33. The van der Waals surface area contributed by atoms with Crippen molar-refractivity contribution in [1.82, 2.24) is 18.9 Å². The third-order valence-corrected chi connectivity index (χ3v) is 7.47. The minimum absolute atomic E-state index is 0.984. The average molecular weight is 509 g/mol. The van der Waals surface area contributed by atoms with E-state index < -0.39 is 0 Å². The van der Waals surface area contributed by atoms with Crippen LogP contribution in [0.3, 0.4) is 0 Å². The van der Waals surface area contributed by atoms with Crippen LogP contribution in [-0.4, -0.2) is 18.9 Å². The summed E-state index contributed by atoms with van der Waals surface area (Å²) >= 11 is 0. The van der Waals surface area contributed by atoms with Crippen LogP contribution in [0.1, 0.15) is 11.4 Å². The van der Waals surface area contributed by atoms with Crippen LogP contribution in [-0.2, 0) is 14.1 Å². The molecular weight excluding hydrogens is 480 g/mol. The van der Waals surface area contributed by atoms with Crippen molar-refractivity contribution >= 4 is 22.1 Å². The first-order valence-electron chi connectivity index (χ1n) is 13.0. The summed E-state index contributed by atoms with van der Waals surface area (Å²) in [7, 11) is 4.07. The van der Waals surface area contributed by atoms with Gasteiger partial charge in [-0.3, -0.25) is 0 Å². The van der Waals surface area contributed by atoms with Gasteiger partial charge in [0.05, 0.1) is 47.5 Å².